The van der Waals surface area contributed by atoms with Crippen molar-refractivity contribution < 1.29 is 33.8 Å². The minimum Gasteiger partial charge on any atom is -0.494 e. The Morgan fingerprint density at radius 2 is 1.70 bits per heavy atom. The maximum absolute atomic E-state index is 11.6. The molecular formula is C18H22N2O7. The molecule has 146 valence electrons. The normalized spacial score (nSPS) is 9.67. The van der Waals surface area contributed by atoms with E-state index in [1.165, 1.54) is 11.8 Å². The lowest BCUT2D eigenvalue weighted by atomic mass is 10.2. The van der Waals surface area contributed by atoms with E-state index in [0.29, 0.717) is 25.5 Å². The number of furan rings is 1. The molecule has 0 spiro atoms. The summed E-state index contributed by atoms with van der Waals surface area (Å²) in [4.78, 5) is 29.8. The Balaban J connectivity index is 0.000000527. The molecule has 0 atom stereocenters. The molecule has 2 aromatic rings. The van der Waals surface area contributed by atoms with Gasteiger partial charge in [0.2, 0.25) is 0 Å². The van der Waals surface area contributed by atoms with Crippen molar-refractivity contribution in [3.63, 3.8) is 0 Å². The molecule has 1 aromatic heterocycles. The quantitative estimate of drug-likeness (QED) is 0.399. The monoisotopic (exact) mass is 378 g/mol. The highest BCUT2D eigenvalue weighted by molar-refractivity contribution is 6.27. The molecule has 0 fully saturated rings. The lowest BCUT2D eigenvalue weighted by Gasteiger charge is -2.07. The van der Waals surface area contributed by atoms with Crippen LogP contribution in [0.25, 0.3) is 0 Å². The molecule has 27 heavy (non-hydrogen) atoms. The number of carbonyl (C=O) groups is 3. The lowest BCUT2D eigenvalue weighted by Crippen LogP contribution is -2.31. The van der Waals surface area contributed by atoms with Crippen LogP contribution in [0, 0.1) is 0 Å². The topological polar surface area (TPSA) is 138 Å². The predicted molar refractivity (Wildman–Crippen MR) is 95.6 cm³/mol. The van der Waals surface area contributed by atoms with E-state index in [2.05, 4.69) is 10.6 Å². The van der Waals surface area contributed by atoms with Gasteiger partial charge in [-0.1, -0.05) is 12.1 Å². The Morgan fingerprint density at radius 1 is 1.04 bits per heavy atom. The van der Waals surface area contributed by atoms with Crippen molar-refractivity contribution >= 4 is 17.8 Å². The largest absolute Gasteiger partial charge is 0.494 e. The van der Waals surface area contributed by atoms with E-state index in [9.17, 15) is 4.79 Å². The van der Waals surface area contributed by atoms with Crippen molar-refractivity contribution in [1.82, 2.24) is 10.6 Å². The number of carboxylic acid groups (broad SMARTS) is 2. The molecule has 0 saturated carbocycles. The zero-order valence-corrected chi connectivity index (χ0v) is 14.8. The summed E-state index contributed by atoms with van der Waals surface area (Å²) in [7, 11) is 0. The van der Waals surface area contributed by atoms with Gasteiger partial charge in [0.25, 0.3) is 5.91 Å². The van der Waals surface area contributed by atoms with E-state index in [4.69, 9.17) is 29.0 Å². The van der Waals surface area contributed by atoms with Crippen LogP contribution in [-0.4, -0.2) is 47.8 Å². The number of aliphatic carboxylic acids is 2. The minimum atomic E-state index is -1.82. The molecule has 0 aliphatic heterocycles. The molecule has 0 unspecified atom stereocenters. The molecule has 4 N–H and O–H groups in total. The predicted octanol–water partition coefficient (Wildman–Crippen LogP) is 1.35. The maximum Gasteiger partial charge on any atom is 0.414 e. The van der Waals surface area contributed by atoms with Gasteiger partial charge in [-0.05, 0) is 36.8 Å². The standard InChI is InChI=1S/C16H20N2O3.C2H2O4/c1-2-20-14-7-5-13(6-8-14)12-17-9-10-18-16(19)15-4-3-11-21-15;3-1(4)2(5)6/h3-8,11,17H,2,9-10,12H2,1H3,(H,18,19);(H,3,4)(H,5,6). The highest BCUT2D eigenvalue weighted by atomic mass is 16.5. The molecule has 0 radical (unpaired) electrons. The first kappa shape index (κ1) is 21.7. The average molecular weight is 378 g/mol. The number of rotatable bonds is 8. The zero-order chi connectivity index (χ0) is 20.1. The lowest BCUT2D eigenvalue weighted by molar-refractivity contribution is -0.159. The van der Waals surface area contributed by atoms with Crippen molar-refractivity contribution in [2.24, 2.45) is 0 Å². The molecule has 0 saturated heterocycles. The number of ether oxygens (including phenoxy) is 1. The van der Waals surface area contributed by atoms with Crippen molar-refractivity contribution in [2.75, 3.05) is 19.7 Å². The van der Waals surface area contributed by atoms with Gasteiger partial charge >= 0.3 is 11.9 Å². The third-order valence-corrected chi connectivity index (χ3v) is 3.08. The van der Waals surface area contributed by atoms with Gasteiger partial charge in [-0.25, -0.2) is 9.59 Å². The summed E-state index contributed by atoms with van der Waals surface area (Å²) in [6.07, 6.45) is 1.49. The van der Waals surface area contributed by atoms with Crippen LogP contribution in [0.3, 0.4) is 0 Å². The first-order valence-electron chi connectivity index (χ1n) is 8.14. The maximum atomic E-state index is 11.6. The highest BCUT2D eigenvalue weighted by Crippen LogP contribution is 2.11. The van der Waals surface area contributed by atoms with Crippen LogP contribution >= 0.6 is 0 Å². The second-order valence-corrected chi connectivity index (χ2v) is 5.10. The molecule has 9 heteroatoms. The molecule has 9 nitrogen and oxygen atoms in total. The van der Waals surface area contributed by atoms with Crippen LogP contribution in [0.5, 0.6) is 5.75 Å². The minimum absolute atomic E-state index is 0.192. The van der Waals surface area contributed by atoms with E-state index in [-0.39, 0.29) is 5.91 Å². The Bertz CT molecular complexity index is 700. The first-order valence-corrected chi connectivity index (χ1v) is 8.14. The van der Waals surface area contributed by atoms with E-state index in [1.54, 1.807) is 12.1 Å². The van der Waals surface area contributed by atoms with Gasteiger partial charge in [0.1, 0.15) is 5.75 Å². The molecular weight excluding hydrogens is 356 g/mol. The fourth-order valence-electron chi connectivity index (χ4n) is 1.86. The summed E-state index contributed by atoms with van der Waals surface area (Å²) in [6.45, 7) is 4.64. The van der Waals surface area contributed by atoms with E-state index >= 15 is 0 Å². The van der Waals surface area contributed by atoms with E-state index in [1.807, 2.05) is 31.2 Å². The smallest absolute Gasteiger partial charge is 0.414 e. The van der Waals surface area contributed by atoms with E-state index < -0.39 is 11.9 Å². The molecule has 0 bridgehead atoms. The number of amides is 1. The molecule has 0 aliphatic carbocycles. The Hall–Kier alpha value is -3.33. The number of hydrogen-bond donors (Lipinski definition) is 4. The van der Waals surface area contributed by atoms with Crippen LogP contribution in [0.2, 0.25) is 0 Å². The summed E-state index contributed by atoms with van der Waals surface area (Å²) in [5, 5.41) is 20.8. The van der Waals surface area contributed by atoms with Crippen molar-refractivity contribution in [2.45, 2.75) is 13.5 Å². The van der Waals surface area contributed by atoms with E-state index in [0.717, 1.165) is 12.3 Å². The van der Waals surface area contributed by atoms with Gasteiger partial charge < -0.3 is 30.0 Å². The van der Waals surface area contributed by atoms with Crippen molar-refractivity contribution in [3.05, 3.63) is 54.0 Å². The molecule has 2 rings (SSSR count). The van der Waals surface area contributed by atoms with Crippen molar-refractivity contribution in [1.29, 1.82) is 0 Å². The molecule has 0 aliphatic rings. The summed E-state index contributed by atoms with van der Waals surface area (Å²) < 4.78 is 10.4. The van der Waals surface area contributed by atoms with Crippen LogP contribution in [0.4, 0.5) is 0 Å². The first-order chi connectivity index (χ1) is 12.9. The van der Waals surface area contributed by atoms with Crippen LogP contribution in [0.1, 0.15) is 23.0 Å². The van der Waals surface area contributed by atoms with Crippen LogP contribution in [0.15, 0.2) is 47.1 Å². The fraction of sp³-hybridized carbons (Fsp3) is 0.278. The Morgan fingerprint density at radius 3 is 2.22 bits per heavy atom. The molecule has 1 aromatic carbocycles. The average Bonchev–Trinajstić information content (AvgIpc) is 3.18. The third-order valence-electron chi connectivity index (χ3n) is 3.08. The van der Waals surface area contributed by atoms with Gasteiger partial charge in [-0.3, -0.25) is 4.79 Å². The van der Waals surface area contributed by atoms with Crippen LogP contribution in [-0.2, 0) is 16.1 Å². The summed E-state index contributed by atoms with van der Waals surface area (Å²) in [6, 6.07) is 11.3. The Labute approximate surface area is 155 Å². The van der Waals surface area contributed by atoms with Crippen molar-refractivity contribution in [3.8, 4) is 5.75 Å². The number of benzene rings is 1. The number of hydrogen-bond acceptors (Lipinski definition) is 6. The molecule has 1 amide bonds. The fourth-order valence-corrected chi connectivity index (χ4v) is 1.86. The van der Waals surface area contributed by atoms with Gasteiger partial charge in [-0.15, -0.1) is 0 Å². The Kier molecular flexibility index (Phi) is 9.72. The second-order valence-electron chi connectivity index (χ2n) is 5.10. The third kappa shape index (κ3) is 9.07. The number of nitrogens with one attached hydrogen (secondary N) is 2. The number of carbonyl (C=O) groups excluding carboxylic acids is 1. The summed E-state index contributed by atoms with van der Waals surface area (Å²) in [5.74, 6) is -2.62. The van der Waals surface area contributed by atoms with Gasteiger partial charge in [0, 0.05) is 19.6 Å². The van der Waals surface area contributed by atoms with Gasteiger partial charge in [0.05, 0.1) is 12.9 Å². The molecule has 1 heterocycles. The second kappa shape index (κ2) is 12.1. The summed E-state index contributed by atoms with van der Waals surface area (Å²) >= 11 is 0. The highest BCUT2D eigenvalue weighted by Gasteiger charge is 2.06. The SMILES string of the molecule is CCOc1ccc(CNCCNC(=O)c2ccco2)cc1.O=C(O)C(=O)O. The van der Waals surface area contributed by atoms with Gasteiger partial charge in [0.15, 0.2) is 5.76 Å². The van der Waals surface area contributed by atoms with Gasteiger partial charge in [-0.2, -0.15) is 0 Å². The number of carboxylic acids is 2. The van der Waals surface area contributed by atoms with Crippen LogP contribution < -0.4 is 15.4 Å². The summed E-state index contributed by atoms with van der Waals surface area (Å²) in [5.41, 5.74) is 1.18. The zero-order valence-electron chi connectivity index (χ0n) is 14.8.